The molecule has 0 aromatic heterocycles. The summed E-state index contributed by atoms with van der Waals surface area (Å²) in [6, 6.07) is 10.0. The Morgan fingerprint density at radius 1 is 1.05 bits per heavy atom. The number of anilines is 1. The van der Waals surface area contributed by atoms with Crippen molar-refractivity contribution >= 4 is 17.3 Å². The first kappa shape index (κ1) is 15.5. The van der Waals surface area contributed by atoms with Crippen molar-refractivity contribution in [2.75, 3.05) is 19.5 Å². The predicted molar refractivity (Wildman–Crippen MR) is 87.8 cm³/mol. The molecule has 0 aliphatic carbocycles. The van der Waals surface area contributed by atoms with Gasteiger partial charge in [0.15, 0.2) is 11.5 Å². The van der Waals surface area contributed by atoms with E-state index in [1.807, 2.05) is 18.2 Å². The average Bonchev–Trinajstić information content (AvgIpc) is 2.49. The van der Waals surface area contributed by atoms with Crippen LogP contribution < -0.4 is 14.8 Å². The molecule has 0 unspecified atom stereocenters. The van der Waals surface area contributed by atoms with E-state index in [0.717, 1.165) is 11.3 Å². The van der Waals surface area contributed by atoms with Crippen LogP contribution >= 0.6 is 11.6 Å². The number of rotatable bonds is 5. The Morgan fingerprint density at radius 3 is 2.48 bits per heavy atom. The van der Waals surface area contributed by atoms with E-state index in [1.54, 1.807) is 14.2 Å². The molecule has 0 saturated heterocycles. The van der Waals surface area contributed by atoms with E-state index in [0.29, 0.717) is 23.1 Å². The van der Waals surface area contributed by atoms with Gasteiger partial charge in [-0.05, 0) is 42.7 Å². The molecule has 4 heteroatoms. The van der Waals surface area contributed by atoms with Gasteiger partial charge in [0.2, 0.25) is 0 Å². The molecule has 0 atom stereocenters. The first-order chi connectivity index (χ1) is 10.1. The fraction of sp³-hybridized carbons (Fsp3) is 0.294. The van der Waals surface area contributed by atoms with E-state index in [2.05, 4.69) is 31.3 Å². The van der Waals surface area contributed by atoms with Gasteiger partial charge >= 0.3 is 0 Å². The molecular weight excluding hydrogens is 286 g/mol. The lowest BCUT2D eigenvalue weighted by Gasteiger charge is -2.15. The zero-order valence-corrected chi connectivity index (χ0v) is 13.5. The largest absolute Gasteiger partial charge is 0.493 e. The third-order valence-corrected chi connectivity index (χ3v) is 4.05. The third kappa shape index (κ3) is 3.24. The summed E-state index contributed by atoms with van der Waals surface area (Å²) in [5.41, 5.74) is 4.59. The zero-order valence-electron chi connectivity index (χ0n) is 12.8. The van der Waals surface area contributed by atoms with Gasteiger partial charge < -0.3 is 14.8 Å². The molecule has 0 aliphatic heterocycles. The molecule has 112 valence electrons. The average molecular weight is 306 g/mol. The fourth-order valence-electron chi connectivity index (χ4n) is 2.20. The molecule has 2 aromatic carbocycles. The monoisotopic (exact) mass is 305 g/mol. The van der Waals surface area contributed by atoms with Gasteiger partial charge in [-0.15, -0.1) is 0 Å². The maximum absolute atomic E-state index is 6.39. The van der Waals surface area contributed by atoms with Crippen LogP contribution in [0.25, 0.3) is 0 Å². The number of hydrogen-bond acceptors (Lipinski definition) is 3. The lowest BCUT2D eigenvalue weighted by Crippen LogP contribution is -2.03. The number of benzene rings is 2. The highest BCUT2D eigenvalue weighted by Crippen LogP contribution is 2.37. The molecule has 0 fully saturated rings. The molecule has 1 N–H and O–H groups in total. The Morgan fingerprint density at radius 2 is 1.81 bits per heavy atom. The standard InChI is InChI=1S/C17H20ClNO2/c1-11-6-5-7-14(12(11)2)19-10-13-8-9-15(20-3)17(21-4)16(13)18/h5-9,19H,10H2,1-4H3. The summed E-state index contributed by atoms with van der Waals surface area (Å²) in [6.45, 7) is 4.83. The minimum Gasteiger partial charge on any atom is -0.493 e. The number of ether oxygens (including phenoxy) is 2. The Bertz CT molecular complexity index is 641. The summed E-state index contributed by atoms with van der Waals surface area (Å²) in [7, 11) is 3.19. The van der Waals surface area contributed by atoms with Gasteiger partial charge in [-0.2, -0.15) is 0 Å². The highest BCUT2D eigenvalue weighted by Gasteiger charge is 2.13. The number of hydrogen-bond donors (Lipinski definition) is 1. The van der Waals surface area contributed by atoms with E-state index < -0.39 is 0 Å². The molecule has 0 radical (unpaired) electrons. The lowest BCUT2D eigenvalue weighted by atomic mass is 10.1. The summed E-state index contributed by atoms with van der Waals surface area (Å²) in [4.78, 5) is 0. The molecule has 2 rings (SSSR count). The highest BCUT2D eigenvalue weighted by molar-refractivity contribution is 6.33. The van der Waals surface area contributed by atoms with Crippen LogP contribution in [0.15, 0.2) is 30.3 Å². The van der Waals surface area contributed by atoms with Crippen LogP contribution in [0.2, 0.25) is 5.02 Å². The van der Waals surface area contributed by atoms with Crippen molar-refractivity contribution in [3.05, 3.63) is 52.0 Å². The minimum absolute atomic E-state index is 0.569. The summed E-state index contributed by atoms with van der Waals surface area (Å²) >= 11 is 6.39. The van der Waals surface area contributed by atoms with E-state index >= 15 is 0 Å². The molecule has 3 nitrogen and oxygen atoms in total. The van der Waals surface area contributed by atoms with E-state index in [9.17, 15) is 0 Å². The molecule has 0 amide bonds. The van der Waals surface area contributed by atoms with Crippen molar-refractivity contribution in [1.82, 2.24) is 0 Å². The van der Waals surface area contributed by atoms with Gasteiger partial charge in [0.25, 0.3) is 0 Å². The third-order valence-electron chi connectivity index (χ3n) is 3.64. The van der Waals surface area contributed by atoms with Crippen molar-refractivity contribution in [3.63, 3.8) is 0 Å². The van der Waals surface area contributed by atoms with Crippen LogP contribution in [0.3, 0.4) is 0 Å². The summed E-state index contributed by atoms with van der Waals surface area (Å²) < 4.78 is 10.6. The van der Waals surface area contributed by atoms with Crippen molar-refractivity contribution in [3.8, 4) is 11.5 Å². The van der Waals surface area contributed by atoms with Crippen LogP contribution in [-0.2, 0) is 6.54 Å². The summed E-state index contributed by atoms with van der Waals surface area (Å²) in [6.07, 6.45) is 0. The normalized spacial score (nSPS) is 10.3. The van der Waals surface area contributed by atoms with Gasteiger partial charge in [0.1, 0.15) is 0 Å². The fourth-order valence-corrected chi connectivity index (χ4v) is 2.50. The highest BCUT2D eigenvalue weighted by atomic mass is 35.5. The van der Waals surface area contributed by atoms with Crippen LogP contribution in [0.1, 0.15) is 16.7 Å². The SMILES string of the molecule is COc1ccc(CNc2cccc(C)c2C)c(Cl)c1OC. The molecule has 21 heavy (non-hydrogen) atoms. The van der Waals surface area contributed by atoms with Crippen LogP contribution in [0.4, 0.5) is 5.69 Å². The topological polar surface area (TPSA) is 30.5 Å². The van der Waals surface area contributed by atoms with E-state index in [4.69, 9.17) is 21.1 Å². The van der Waals surface area contributed by atoms with Crippen molar-refractivity contribution in [2.45, 2.75) is 20.4 Å². The van der Waals surface area contributed by atoms with Gasteiger partial charge in [-0.3, -0.25) is 0 Å². The number of aryl methyl sites for hydroxylation is 1. The number of methoxy groups -OCH3 is 2. The van der Waals surface area contributed by atoms with Gasteiger partial charge in [0, 0.05) is 12.2 Å². The van der Waals surface area contributed by atoms with Gasteiger partial charge in [-0.25, -0.2) is 0 Å². The zero-order chi connectivity index (χ0) is 15.4. The molecule has 0 heterocycles. The smallest absolute Gasteiger partial charge is 0.179 e. The Hall–Kier alpha value is -1.87. The molecular formula is C17H20ClNO2. The lowest BCUT2D eigenvalue weighted by molar-refractivity contribution is 0.355. The first-order valence-electron chi connectivity index (χ1n) is 6.78. The molecule has 0 aliphatic rings. The maximum atomic E-state index is 6.39. The molecule has 0 saturated carbocycles. The number of nitrogens with one attached hydrogen (secondary N) is 1. The van der Waals surface area contributed by atoms with E-state index in [1.165, 1.54) is 11.1 Å². The van der Waals surface area contributed by atoms with E-state index in [-0.39, 0.29) is 0 Å². The second-order valence-electron chi connectivity index (χ2n) is 4.88. The van der Waals surface area contributed by atoms with Crippen molar-refractivity contribution in [1.29, 1.82) is 0 Å². The first-order valence-corrected chi connectivity index (χ1v) is 7.15. The van der Waals surface area contributed by atoms with Crippen molar-refractivity contribution < 1.29 is 9.47 Å². The quantitative estimate of drug-likeness (QED) is 0.876. The second kappa shape index (κ2) is 6.72. The number of halogens is 1. The van der Waals surface area contributed by atoms with Crippen molar-refractivity contribution in [2.24, 2.45) is 0 Å². The second-order valence-corrected chi connectivity index (χ2v) is 5.25. The molecule has 0 spiro atoms. The van der Waals surface area contributed by atoms with Crippen LogP contribution in [0, 0.1) is 13.8 Å². The Labute approximate surface area is 130 Å². The molecule has 0 bridgehead atoms. The summed E-state index contributed by atoms with van der Waals surface area (Å²) in [5.74, 6) is 1.21. The maximum Gasteiger partial charge on any atom is 0.179 e. The van der Waals surface area contributed by atoms with Crippen LogP contribution in [0.5, 0.6) is 11.5 Å². The van der Waals surface area contributed by atoms with Gasteiger partial charge in [0.05, 0.1) is 19.2 Å². The predicted octanol–water partition coefficient (Wildman–Crippen LogP) is 4.59. The Balaban J connectivity index is 2.22. The Kier molecular flexibility index (Phi) is 4.97. The van der Waals surface area contributed by atoms with Crippen LogP contribution in [-0.4, -0.2) is 14.2 Å². The van der Waals surface area contributed by atoms with Gasteiger partial charge in [-0.1, -0.05) is 29.8 Å². The summed E-state index contributed by atoms with van der Waals surface area (Å²) in [5, 5.41) is 4.00. The minimum atomic E-state index is 0.569. The molecule has 2 aromatic rings.